The second-order valence-electron chi connectivity index (χ2n) is 8.90. The van der Waals surface area contributed by atoms with E-state index in [4.69, 9.17) is 16.7 Å². The van der Waals surface area contributed by atoms with Crippen LogP contribution in [-0.4, -0.2) is 31.5 Å². The van der Waals surface area contributed by atoms with E-state index < -0.39 is 12.1 Å². The summed E-state index contributed by atoms with van der Waals surface area (Å²) in [6, 6.07) is 7.61. The zero-order valence-corrected chi connectivity index (χ0v) is 20.2. The van der Waals surface area contributed by atoms with Gasteiger partial charge in [-0.15, -0.1) is 0 Å². The van der Waals surface area contributed by atoms with Crippen LogP contribution in [0.3, 0.4) is 0 Å². The van der Waals surface area contributed by atoms with Crippen molar-refractivity contribution < 1.29 is 24.2 Å². The van der Waals surface area contributed by atoms with E-state index in [2.05, 4.69) is 4.98 Å². The van der Waals surface area contributed by atoms with Gasteiger partial charge in [0.1, 0.15) is 11.5 Å². The number of rotatable bonds is 12. The summed E-state index contributed by atoms with van der Waals surface area (Å²) in [5.41, 5.74) is 2.79. The summed E-state index contributed by atoms with van der Waals surface area (Å²) in [6.07, 6.45) is 4.61. The first-order valence-corrected chi connectivity index (χ1v) is 11.9. The molecule has 2 heterocycles. The molecule has 0 fully saturated rings. The number of aliphatic hydroxyl groups excluding tert-OH is 1. The van der Waals surface area contributed by atoms with Crippen LogP contribution in [0.15, 0.2) is 36.5 Å². The number of carbonyl (C=O) groups excluding carboxylic acids is 1. The number of aliphatic carboxylic acids is 1. The van der Waals surface area contributed by atoms with Gasteiger partial charge >= 0.3 is 5.97 Å². The maximum absolute atomic E-state index is 13.2. The molecule has 0 spiro atoms. The molecule has 1 aromatic carbocycles. The van der Waals surface area contributed by atoms with Crippen molar-refractivity contribution in [2.75, 3.05) is 0 Å². The molecular formula is C26H30ClFN2O4. The van der Waals surface area contributed by atoms with Crippen LogP contribution < -0.4 is 0 Å². The highest BCUT2D eigenvalue weighted by molar-refractivity contribution is 6.31. The summed E-state index contributed by atoms with van der Waals surface area (Å²) in [5.74, 6) is -1.64. The lowest BCUT2D eigenvalue weighted by atomic mass is 9.94. The SMILES string of the molecule is C[C@H](CC(=O)O)CC(=O)c1c(CCCCCC(O)c2ccc(F)cc2)n(C)c2ncc(Cl)cc12. The Morgan fingerprint density at radius 1 is 1.15 bits per heavy atom. The summed E-state index contributed by atoms with van der Waals surface area (Å²) >= 11 is 6.16. The van der Waals surface area contributed by atoms with Crippen molar-refractivity contribution in [1.82, 2.24) is 9.55 Å². The van der Waals surface area contributed by atoms with Crippen molar-refractivity contribution in [2.24, 2.45) is 13.0 Å². The van der Waals surface area contributed by atoms with Crippen LogP contribution >= 0.6 is 11.6 Å². The molecule has 0 aliphatic heterocycles. The zero-order chi connectivity index (χ0) is 24.8. The minimum absolute atomic E-state index is 0.0682. The summed E-state index contributed by atoms with van der Waals surface area (Å²) in [4.78, 5) is 28.7. The van der Waals surface area contributed by atoms with Crippen LogP contribution in [0.1, 0.15) is 73.2 Å². The van der Waals surface area contributed by atoms with Crippen molar-refractivity contribution in [3.63, 3.8) is 0 Å². The molecule has 0 radical (unpaired) electrons. The van der Waals surface area contributed by atoms with Crippen LogP contribution in [0.25, 0.3) is 11.0 Å². The number of benzene rings is 1. The second kappa shape index (κ2) is 11.6. The molecule has 0 aliphatic carbocycles. The number of fused-ring (bicyclic) bond motifs is 1. The quantitative estimate of drug-likeness (QED) is 0.245. The summed E-state index contributed by atoms with van der Waals surface area (Å²) in [5, 5.41) is 20.5. The number of carbonyl (C=O) groups is 2. The molecule has 0 amide bonds. The number of carboxylic acids is 1. The van der Waals surface area contributed by atoms with E-state index >= 15 is 0 Å². The van der Waals surface area contributed by atoms with Gasteiger partial charge in [0.2, 0.25) is 0 Å². The first kappa shape index (κ1) is 25.8. The van der Waals surface area contributed by atoms with E-state index in [9.17, 15) is 19.1 Å². The molecule has 0 saturated heterocycles. The number of aryl methyl sites for hydroxylation is 1. The lowest BCUT2D eigenvalue weighted by Crippen LogP contribution is -2.12. The Kier molecular flexibility index (Phi) is 8.80. The van der Waals surface area contributed by atoms with Gasteiger partial charge in [-0.2, -0.15) is 0 Å². The molecule has 3 rings (SSSR count). The third-order valence-corrected chi connectivity index (χ3v) is 6.30. The number of unbranched alkanes of at least 4 members (excludes halogenated alkanes) is 2. The van der Waals surface area contributed by atoms with Gasteiger partial charge < -0.3 is 14.8 Å². The number of ketones is 1. The number of aromatic nitrogens is 2. The molecule has 2 N–H and O–H groups in total. The van der Waals surface area contributed by atoms with Crippen molar-refractivity contribution >= 4 is 34.4 Å². The first-order chi connectivity index (χ1) is 16.2. The third-order valence-electron chi connectivity index (χ3n) is 6.10. The Bertz CT molecular complexity index is 1160. The zero-order valence-electron chi connectivity index (χ0n) is 19.4. The molecule has 0 saturated carbocycles. The molecule has 0 aliphatic rings. The van der Waals surface area contributed by atoms with E-state index in [0.29, 0.717) is 40.0 Å². The monoisotopic (exact) mass is 488 g/mol. The fraction of sp³-hybridized carbons (Fsp3) is 0.423. The minimum atomic E-state index is -0.925. The number of carboxylic acid groups (broad SMARTS) is 1. The topological polar surface area (TPSA) is 92.4 Å². The predicted octanol–water partition coefficient (Wildman–Crippen LogP) is 5.89. The Morgan fingerprint density at radius 3 is 2.53 bits per heavy atom. The van der Waals surface area contributed by atoms with Crippen LogP contribution in [-0.2, 0) is 18.3 Å². The van der Waals surface area contributed by atoms with Gasteiger partial charge in [0.05, 0.1) is 11.1 Å². The summed E-state index contributed by atoms with van der Waals surface area (Å²) in [7, 11) is 1.87. The normalized spacial score (nSPS) is 13.2. The standard InChI is InChI=1S/C26H30ClFN2O4/c1-16(13-24(33)34)12-23(32)25-20-14-18(27)15-29-26(20)30(2)21(25)6-4-3-5-7-22(31)17-8-10-19(28)11-9-17/h8-11,14-16,22,31H,3-7,12-13H2,1-2H3,(H,33,34)/t16-,22?/m0/s1. The molecule has 3 aromatic rings. The molecule has 1 unspecified atom stereocenters. The van der Waals surface area contributed by atoms with Crippen molar-refractivity contribution in [2.45, 2.75) is 58.0 Å². The molecule has 2 atom stereocenters. The highest BCUT2D eigenvalue weighted by Gasteiger charge is 2.24. The minimum Gasteiger partial charge on any atom is -0.481 e. The predicted molar refractivity (Wildman–Crippen MR) is 130 cm³/mol. The third kappa shape index (κ3) is 6.42. The Labute approximate surface area is 203 Å². The van der Waals surface area contributed by atoms with Gasteiger partial charge in [0, 0.05) is 42.7 Å². The number of Topliss-reactive ketones (excluding diaryl/α,β-unsaturated/α-hetero) is 1. The Hall–Kier alpha value is -2.77. The highest BCUT2D eigenvalue weighted by atomic mass is 35.5. The number of halogens is 2. The molecule has 0 bridgehead atoms. The van der Waals surface area contributed by atoms with Gasteiger partial charge in [-0.05, 0) is 48.9 Å². The molecule has 34 heavy (non-hydrogen) atoms. The van der Waals surface area contributed by atoms with Crippen molar-refractivity contribution in [3.8, 4) is 0 Å². The van der Waals surface area contributed by atoms with Gasteiger partial charge in [-0.3, -0.25) is 9.59 Å². The molecule has 6 nitrogen and oxygen atoms in total. The van der Waals surface area contributed by atoms with Crippen LogP contribution in [0.4, 0.5) is 4.39 Å². The number of hydrogen-bond acceptors (Lipinski definition) is 4. The maximum Gasteiger partial charge on any atom is 0.303 e. The largest absolute Gasteiger partial charge is 0.481 e. The molecule has 2 aromatic heterocycles. The van der Waals surface area contributed by atoms with Crippen LogP contribution in [0.5, 0.6) is 0 Å². The highest BCUT2D eigenvalue weighted by Crippen LogP contribution is 2.30. The van der Waals surface area contributed by atoms with Gasteiger partial charge in [-0.1, -0.05) is 43.5 Å². The van der Waals surface area contributed by atoms with Crippen LogP contribution in [0, 0.1) is 11.7 Å². The van der Waals surface area contributed by atoms with Crippen molar-refractivity contribution in [3.05, 3.63) is 64.2 Å². The maximum atomic E-state index is 13.2. The van der Waals surface area contributed by atoms with Crippen LogP contribution in [0.2, 0.25) is 5.02 Å². The van der Waals surface area contributed by atoms with E-state index in [1.54, 1.807) is 31.3 Å². The smallest absolute Gasteiger partial charge is 0.303 e. The van der Waals surface area contributed by atoms with Gasteiger partial charge in [-0.25, -0.2) is 9.37 Å². The van der Waals surface area contributed by atoms with Gasteiger partial charge in [0.15, 0.2) is 5.78 Å². The number of pyridine rings is 1. The Morgan fingerprint density at radius 2 is 1.85 bits per heavy atom. The molecular weight excluding hydrogens is 459 g/mol. The lowest BCUT2D eigenvalue weighted by Gasteiger charge is -2.12. The van der Waals surface area contributed by atoms with E-state index in [1.807, 2.05) is 11.6 Å². The van der Waals surface area contributed by atoms with Gasteiger partial charge in [0.25, 0.3) is 0 Å². The van der Waals surface area contributed by atoms with Crippen molar-refractivity contribution in [1.29, 1.82) is 0 Å². The van der Waals surface area contributed by atoms with E-state index in [-0.39, 0.29) is 30.4 Å². The van der Waals surface area contributed by atoms with E-state index in [0.717, 1.165) is 25.0 Å². The average molecular weight is 489 g/mol. The average Bonchev–Trinajstić information content (AvgIpc) is 3.04. The molecule has 8 heteroatoms. The number of nitrogens with zero attached hydrogens (tertiary/aromatic N) is 2. The fourth-order valence-electron chi connectivity index (χ4n) is 4.39. The fourth-order valence-corrected chi connectivity index (χ4v) is 4.54. The Balaban J connectivity index is 1.69. The van der Waals surface area contributed by atoms with E-state index in [1.165, 1.54) is 12.1 Å². The first-order valence-electron chi connectivity index (χ1n) is 11.5. The number of hydrogen-bond donors (Lipinski definition) is 2. The second-order valence-corrected chi connectivity index (χ2v) is 9.34. The summed E-state index contributed by atoms with van der Waals surface area (Å²) in [6.45, 7) is 1.76. The molecule has 182 valence electrons. The number of aliphatic hydroxyl groups is 1. The summed E-state index contributed by atoms with van der Waals surface area (Å²) < 4.78 is 15.0. The lowest BCUT2D eigenvalue weighted by molar-refractivity contribution is -0.137.